The third-order valence-corrected chi connectivity index (χ3v) is 2.53. The molecule has 2 aromatic carbocycles. The highest BCUT2D eigenvalue weighted by Crippen LogP contribution is 2.24. The summed E-state index contributed by atoms with van der Waals surface area (Å²) in [6, 6.07) is 16.4. The van der Waals surface area contributed by atoms with Gasteiger partial charge in [0, 0.05) is 5.69 Å². The molecule has 0 bridgehead atoms. The number of anilines is 2. The SMILES string of the molecule is CC(C)Oc1ccccc1NC(=O)Nc1ccccc1. The van der Waals surface area contributed by atoms with Gasteiger partial charge in [-0.15, -0.1) is 0 Å². The second kappa shape index (κ2) is 6.61. The lowest BCUT2D eigenvalue weighted by atomic mass is 10.3. The Morgan fingerprint density at radius 1 is 0.950 bits per heavy atom. The number of hydrogen-bond acceptors (Lipinski definition) is 2. The summed E-state index contributed by atoms with van der Waals surface area (Å²) in [5, 5.41) is 5.55. The van der Waals surface area contributed by atoms with Crippen molar-refractivity contribution in [3.63, 3.8) is 0 Å². The number of nitrogens with one attached hydrogen (secondary N) is 2. The molecule has 0 spiro atoms. The lowest BCUT2D eigenvalue weighted by molar-refractivity contribution is 0.243. The Bertz CT molecular complexity index is 568. The van der Waals surface area contributed by atoms with Crippen molar-refractivity contribution in [1.29, 1.82) is 0 Å². The van der Waals surface area contributed by atoms with Crippen LogP contribution < -0.4 is 15.4 Å². The van der Waals surface area contributed by atoms with Crippen LogP contribution in [0.15, 0.2) is 54.6 Å². The van der Waals surface area contributed by atoms with Gasteiger partial charge in [-0.05, 0) is 38.1 Å². The molecule has 0 saturated carbocycles. The number of benzene rings is 2. The third kappa shape index (κ3) is 4.02. The van der Waals surface area contributed by atoms with E-state index < -0.39 is 0 Å². The monoisotopic (exact) mass is 270 g/mol. The van der Waals surface area contributed by atoms with Crippen LogP contribution in [0.4, 0.5) is 16.2 Å². The van der Waals surface area contributed by atoms with Crippen molar-refractivity contribution < 1.29 is 9.53 Å². The summed E-state index contributed by atoms with van der Waals surface area (Å²) in [4.78, 5) is 11.9. The number of carbonyl (C=O) groups is 1. The molecule has 2 amide bonds. The minimum atomic E-state index is -0.295. The molecule has 0 aromatic heterocycles. The van der Waals surface area contributed by atoms with E-state index in [1.54, 1.807) is 0 Å². The Balaban J connectivity index is 2.04. The zero-order valence-electron chi connectivity index (χ0n) is 11.6. The minimum absolute atomic E-state index is 0.0511. The molecule has 0 fully saturated rings. The van der Waals surface area contributed by atoms with E-state index in [0.29, 0.717) is 11.4 Å². The molecule has 0 aliphatic heterocycles. The van der Waals surface area contributed by atoms with E-state index >= 15 is 0 Å². The average Bonchev–Trinajstić information content (AvgIpc) is 2.41. The maximum atomic E-state index is 11.9. The van der Waals surface area contributed by atoms with Gasteiger partial charge in [0.1, 0.15) is 5.75 Å². The summed E-state index contributed by atoms with van der Waals surface area (Å²) in [7, 11) is 0. The van der Waals surface area contributed by atoms with Gasteiger partial charge in [-0.1, -0.05) is 30.3 Å². The number of para-hydroxylation sites is 3. The topological polar surface area (TPSA) is 50.4 Å². The van der Waals surface area contributed by atoms with Gasteiger partial charge in [-0.25, -0.2) is 4.79 Å². The number of urea groups is 1. The molecule has 0 unspecified atom stereocenters. The first-order chi connectivity index (χ1) is 9.65. The fourth-order valence-electron chi connectivity index (χ4n) is 1.73. The van der Waals surface area contributed by atoms with Crippen LogP contribution in [-0.2, 0) is 0 Å². The molecule has 20 heavy (non-hydrogen) atoms. The molecule has 0 saturated heterocycles. The van der Waals surface area contributed by atoms with Crippen molar-refractivity contribution in [2.75, 3.05) is 10.6 Å². The van der Waals surface area contributed by atoms with Crippen LogP contribution in [0.2, 0.25) is 0 Å². The van der Waals surface area contributed by atoms with E-state index in [-0.39, 0.29) is 12.1 Å². The van der Waals surface area contributed by atoms with Gasteiger partial charge in [-0.3, -0.25) is 0 Å². The molecule has 2 aromatic rings. The van der Waals surface area contributed by atoms with Crippen molar-refractivity contribution >= 4 is 17.4 Å². The van der Waals surface area contributed by atoms with Gasteiger partial charge in [0.15, 0.2) is 0 Å². The third-order valence-electron chi connectivity index (χ3n) is 2.53. The van der Waals surface area contributed by atoms with Crippen molar-refractivity contribution in [2.24, 2.45) is 0 Å². The summed E-state index contributed by atoms with van der Waals surface area (Å²) >= 11 is 0. The van der Waals surface area contributed by atoms with Crippen molar-refractivity contribution in [1.82, 2.24) is 0 Å². The van der Waals surface area contributed by atoms with Crippen molar-refractivity contribution in [3.8, 4) is 5.75 Å². The second-order valence-corrected chi connectivity index (χ2v) is 4.61. The smallest absolute Gasteiger partial charge is 0.323 e. The number of hydrogen-bond donors (Lipinski definition) is 2. The summed E-state index contributed by atoms with van der Waals surface area (Å²) < 4.78 is 5.65. The van der Waals surface area contributed by atoms with E-state index in [1.165, 1.54) is 0 Å². The van der Waals surface area contributed by atoms with Crippen LogP contribution in [-0.4, -0.2) is 12.1 Å². The first-order valence-corrected chi connectivity index (χ1v) is 6.54. The lowest BCUT2D eigenvalue weighted by Crippen LogP contribution is -2.20. The van der Waals surface area contributed by atoms with E-state index in [1.807, 2.05) is 68.4 Å². The van der Waals surface area contributed by atoms with Gasteiger partial charge in [0.25, 0.3) is 0 Å². The van der Waals surface area contributed by atoms with Gasteiger partial charge in [-0.2, -0.15) is 0 Å². The largest absolute Gasteiger partial charge is 0.489 e. The fourth-order valence-corrected chi connectivity index (χ4v) is 1.73. The second-order valence-electron chi connectivity index (χ2n) is 4.61. The normalized spacial score (nSPS) is 10.2. The molecule has 0 atom stereocenters. The molecular formula is C16H18N2O2. The number of rotatable bonds is 4. The molecular weight excluding hydrogens is 252 g/mol. The number of amides is 2. The molecule has 4 heteroatoms. The van der Waals surface area contributed by atoms with E-state index in [2.05, 4.69) is 10.6 Å². The first-order valence-electron chi connectivity index (χ1n) is 6.54. The maximum absolute atomic E-state index is 11.9. The lowest BCUT2D eigenvalue weighted by Gasteiger charge is -2.15. The molecule has 2 rings (SSSR count). The maximum Gasteiger partial charge on any atom is 0.323 e. The molecule has 4 nitrogen and oxygen atoms in total. The van der Waals surface area contributed by atoms with Crippen LogP contribution in [0, 0.1) is 0 Å². The van der Waals surface area contributed by atoms with Crippen LogP contribution in [0.3, 0.4) is 0 Å². The van der Waals surface area contributed by atoms with E-state index in [9.17, 15) is 4.79 Å². The van der Waals surface area contributed by atoms with Gasteiger partial charge >= 0.3 is 6.03 Å². The predicted octanol–water partition coefficient (Wildman–Crippen LogP) is 4.12. The van der Waals surface area contributed by atoms with Gasteiger partial charge < -0.3 is 15.4 Å². The summed E-state index contributed by atoms with van der Waals surface area (Å²) in [5.74, 6) is 0.658. The summed E-state index contributed by atoms with van der Waals surface area (Å²) in [5.41, 5.74) is 1.39. The highest BCUT2D eigenvalue weighted by atomic mass is 16.5. The van der Waals surface area contributed by atoms with Gasteiger partial charge in [0.2, 0.25) is 0 Å². The molecule has 0 aliphatic carbocycles. The van der Waals surface area contributed by atoms with E-state index in [0.717, 1.165) is 5.69 Å². The Hall–Kier alpha value is -2.49. The quantitative estimate of drug-likeness (QED) is 0.878. The Kier molecular flexibility index (Phi) is 4.60. The van der Waals surface area contributed by atoms with E-state index in [4.69, 9.17) is 4.74 Å². The fraction of sp³-hybridized carbons (Fsp3) is 0.188. The number of ether oxygens (including phenoxy) is 1. The minimum Gasteiger partial charge on any atom is -0.489 e. The zero-order valence-corrected chi connectivity index (χ0v) is 11.6. The van der Waals surface area contributed by atoms with Crippen molar-refractivity contribution in [2.45, 2.75) is 20.0 Å². The zero-order chi connectivity index (χ0) is 14.4. The van der Waals surface area contributed by atoms with Crippen LogP contribution in [0.25, 0.3) is 0 Å². The van der Waals surface area contributed by atoms with Crippen molar-refractivity contribution in [3.05, 3.63) is 54.6 Å². The Morgan fingerprint density at radius 2 is 1.60 bits per heavy atom. The molecule has 2 N–H and O–H groups in total. The number of carbonyl (C=O) groups excluding carboxylic acids is 1. The molecule has 0 radical (unpaired) electrons. The summed E-state index contributed by atoms with van der Waals surface area (Å²) in [6.45, 7) is 3.89. The first kappa shape index (κ1) is 13.9. The predicted molar refractivity (Wildman–Crippen MR) is 81.3 cm³/mol. The molecule has 0 heterocycles. The van der Waals surface area contributed by atoms with Crippen LogP contribution >= 0.6 is 0 Å². The van der Waals surface area contributed by atoms with Crippen LogP contribution in [0.5, 0.6) is 5.75 Å². The van der Waals surface area contributed by atoms with Crippen LogP contribution in [0.1, 0.15) is 13.8 Å². The highest BCUT2D eigenvalue weighted by Gasteiger charge is 2.08. The Morgan fingerprint density at radius 3 is 2.30 bits per heavy atom. The summed E-state index contributed by atoms with van der Waals surface area (Å²) in [6.07, 6.45) is 0.0511. The highest BCUT2D eigenvalue weighted by molar-refractivity contribution is 6.00. The molecule has 104 valence electrons. The Labute approximate surface area is 118 Å². The molecule has 0 aliphatic rings. The average molecular weight is 270 g/mol. The van der Waals surface area contributed by atoms with Gasteiger partial charge in [0.05, 0.1) is 11.8 Å². The standard InChI is InChI=1S/C16H18N2O2/c1-12(2)20-15-11-7-6-10-14(15)18-16(19)17-13-8-4-3-5-9-13/h3-12H,1-2H3,(H2,17,18,19).